The fourth-order valence-corrected chi connectivity index (χ4v) is 3.62. The summed E-state index contributed by atoms with van der Waals surface area (Å²) < 4.78 is 6.06. The minimum Gasteiger partial charge on any atom is -0.372 e. The van der Waals surface area contributed by atoms with Crippen molar-refractivity contribution in [1.82, 2.24) is 10.3 Å². The number of thiazole rings is 1. The number of ether oxygens (including phenoxy) is 1. The van der Waals surface area contributed by atoms with Gasteiger partial charge in [0.05, 0.1) is 27.8 Å². The molecule has 1 N–H and O–H groups in total. The van der Waals surface area contributed by atoms with Gasteiger partial charge in [-0.05, 0) is 17.7 Å². The van der Waals surface area contributed by atoms with Crippen LogP contribution < -0.4 is 5.32 Å². The highest BCUT2D eigenvalue weighted by Gasteiger charge is 2.27. The lowest BCUT2D eigenvalue weighted by molar-refractivity contribution is 0.0307. The van der Waals surface area contributed by atoms with Crippen molar-refractivity contribution in [2.45, 2.75) is 12.5 Å². The van der Waals surface area contributed by atoms with Crippen LogP contribution >= 0.6 is 34.5 Å². The second-order valence-electron chi connectivity index (χ2n) is 5.06. The molecule has 3 rings (SSSR count). The average molecular weight is 343 g/mol. The third-order valence-corrected chi connectivity index (χ3v) is 5.14. The summed E-state index contributed by atoms with van der Waals surface area (Å²) >= 11 is 13.8. The van der Waals surface area contributed by atoms with Crippen LogP contribution in [-0.4, -0.2) is 24.7 Å². The topological polar surface area (TPSA) is 34.1 Å². The van der Waals surface area contributed by atoms with E-state index in [1.807, 2.05) is 29.8 Å². The van der Waals surface area contributed by atoms with Gasteiger partial charge in [0.25, 0.3) is 0 Å². The standard InChI is InChI=1S/C15H16Cl2N2OS/c16-12-2-1-10(7-13(12)17)15-11(9-18-3-5-20-15)8-14-19-4-6-21-14/h1-2,4,6-7,11,15,18H,3,5,8-9H2/t11-,15+/m1/s1. The van der Waals surface area contributed by atoms with Gasteiger partial charge in [0.1, 0.15) is 0 Å². The van der Waals surface area contributed by atoms with E-state index >= 15 is 0 Å². The monoisotopic (exact) mass is 342 g/mol. The highest BCUT2D eigenvalue weighted by atomic mass is 35.5. The summed E-state index contributed by atoms with van der Waals surface area (Å²) in [6.07, 6.45) is 2.76. The van der Waals surface area contributed by atoms with E-state index in [4.69, 9.17) is 27.9 Å². The lowest BCUT2D eigenvalue weighted by Crippen LogP contribution is -2.26. The van der Waals surface area contributed by atoms with Crippen LogP contribution in [-0.2, 0) is 11.2 Å². The summed E-state index contributed by atoms with van der Waals surface area (Å²) in [7, 11) is 0. The molecule has 0 unspecified atom stereocenters. The highest BCUT2D eigenvalue weighted by molar-refractivity contribution is 7.09. The van der Waals surface area contributed by atoms with E-state index in [1.54, 1.807) is 11.3 Å². The lowest BCUT2D eigenvalue weighted by atomic mass is 9.93. The molecule has 1 aromatic carbocycles. The van der Waals surface area contributed by atoms with E-state index in [9.17, 15) is 0 Å². The Morgan fingerprint density at radius 2 is 2.24 bits per heavy atom. The number of halogens is 2. The molecule has 112 valence electrons. The molecule has 0 amide bonds. The smallest absolute Gasteiger partial charge is 0.0929 e. The zero-order valence-corrected chi connectivity index (χ0v) is 13.7. The van der Waals surface area contributed by atoms with Crippen molar-refractivity contribution < 1.29 is 4.74 Å². The summed E-state index contributed by atoms with van der Waals surface area (Å²) in [5.41, 5.74) is 1.08. The summed E-state index contributed by atoms with van der Waals surface area (Å²) in [6.45, 7) is 2.47. The van der Waals surface area contributed by atoms with Gasteiger partial charge < -0.3 is 10.1 Å². The van der Waals surface area contributed by atoms with Gasteiger partial charge in [-0.25, -0.2) is 4.98 Å². The van der Waals surface area contributed by atoms with E-state index in [-0.39, 0.29) is 6.10 Å². The quantitative estimate of drug-likeness (QED) is 0.916. The fourth-order valence-electron chi connectivity index (χ4n) is 2.60. The average Bonchev–Trinajstić information content (AvgIpc) is 2.87. The van der Waals surface area contributed by atoms with Crippen molar-refractivity contribution >= 4 is 34.5 Å². The number of aromatic nitrogens is 1. The van der Waals surface area contributed by atoms with Crippen LogP contribution in [0.3, 0.4) is 0 Å². The summed E-state index contributed by atoms with van der Waals surface area (Å²) in [5.74, 6) is 0.330. The molecule has 1 fully saturated rings. The van der Waals surface area contributed by atoms with E-state index < -0.39 is 0 Å². The van der Waals surface area contributed by atoms with Gasteiger partial charge in [-0.3, -0.25) is 0 Å². The van der Waals surface area contributed by atoms with Gasteiger partial charge in [0, 0.05) is 37.0 Å². The molecule has 1 aliphatic rings. The molecule has 0 aliphatic carbocycles. The summed E-state index contributed by atoms with van der Waals surface area (Å²) in [6, 6.07) is 5.75. The van der Waals surface area contributed by atoms with Crippen LogP contribution in [0, 0.1) is 5.92 Å². The molecule has 0 spiro atoms. The first-order valence-corrected chi connectivity index (χ1v) is 8.53. The minimum atomic E-state index is 0.0127. The van der Waals surface area contributed by atoms with Crippen molar-refractivity contribution in [3.05, 3.63) is 50.4 Å². The molecule has 1 saturated heterocycles. The molecule has 0 radical (unpaired) electrons. The Morgan fingerprint density at radius 3 is 3.00 bits per heavy atom. The van der Waals surface area contributed by atoms with Gasteiger partial charge in [-0.15, -0.1) is 11.3 Å². The Bertz CT molecular complexity index is 591. The molecule has 1 aromatic heterocycles. The molecular formula is C15H16Cl2N2OS. The molecule has 2 atom stereocenters. The second kappa shape index (κ2) is 7.07. The van der Waals surface area contributed by atoms with Crippen LogP contribution in [0.2, 0.25) is 10.0 Å². The van der Waals surface area contributed by atoms with Gasteiger partial charge >= 0.3 is 0 Å². The Balaban J connectivity index is 1.85. The zero-order valence-electron chi connectivity index (χ0n) is 11.4. The van der Waals surface area contributed by atoms with Crippen molar-refractivity contribution in [2.75, 3.05) is 19.7 Å². The third-order valence-electron chi connectivity index (χ3n) is 3.60. The first kappa shape index (κ1) is 15.3. The highest BCUT2D eigenvalue weighted by Crippen LogP contribution is 2.33. The predicted molar refractivity (Wildman–Crippen MR) is 87.3 cm³/mol. The predicted octanol–water partition coefficient (Wildman–Crippen LogP) is 3.97. The molecule has 21 heavy (non-hydrogen) atoms. The van der Waals surface area contributed by atoms with Crippen LogP contribution in [0.4, 0.5) is 0 Å². The van der Waals surface area contributed by atoms with E-state index in [0.29, 0.717) is 22.6 Å². The molecular weight excluding hydrogens is 327 g/mol. The van der Waals surface area contributed by atoms with Crippen molar-refractivity contribution in [3.8, 4) is 0 Å². The lowest BCUT2D eigenvalue weighted by Gasteiger charge is -2.24. The van der Waals surface area contributed by atoms with Crippen molar-refractivity contribution in [3.63, 3.8) is 0 Å². The second-order valence-corrected chi connectivity index (χ2v) is 6.85. The molecule has 2 heterocycles. The van der Waals surface area contributed by atoms with E-state index in [1.165, 1.54) is 0 Å². The van der Waals surface area contributed by atoms with Crippen molar-refractivity contribution in [2.24, 2.45) is 5.92 Å². The first-order chi connectivity index (χ1) is 10.2. The van der Waals surface area contributed by atoms with Crippen LogP contribution in [0.15, 0.2) is 29.8 Å². The SMILES string of the molecule is Clc1ccc([C@@H]2OCCNC[C@H]2Cc2nccs2)cc1Cl. The maximum Gasteiger partial charge on any atom is 0.0929 e. The van der Waals surface area contributed by atoms with Crippen LogP contribution in [0.25, 0.3) is 0 Å². The maximum absolute atomic E-state index is 6.15. The number of rotatable bonds is 3. The molecule has 0 bridgehead atoms. The summed E-state index contributed by atoms with van der Waals surface area (Å²) in [4.78, 5) is 4.39. The normalized spacial score (nSPS) is 23.0. The zero-order chi connectivity index (χ0) is 14.7. The van der Waals surface area contributed by atoms with Crippen LogP contribution in [0.1, 0.15) is 16.7 Å². The minimum absolute atomic E-state index is 0.0127. The van der Waals surface area contributed by atoms with Crippen molar-refractivity contribution in [1.29, 1.82) is 0 Å². The first-order valence-electron chi connectivity index (χ1n) is 6.89. The fraction of sp³-hybridized carbons (Fsp3) is 0.400. The Hall–Kier alpha value is -0.650. The number of hydrogen-bond donors (Lipinski definition) is 1. The largest absolute Gasteiger partial charge is 0.372 e. The number of nitrogens with one attached hydrogen (secondary N) is 1. The number of benzene rings is 1. The number of nitrogens with zero attached hydrogens (tertiary/aromatic N) is 1. The van der Waals surface area contributed by atoms with Crippen LogP contribution in [0.5, 0.6) is 0 Å². The molecule has 3 nitrogen and oxygen atoms in total. The molecule has 2 aromatic rings. The maximum atomic E-state index is 6.15. The Kier molecular flexibility index (Phi) is 5.14. The van der Waals surface area contributed by atoms with Gasteiger partial charge in [0.15, 0.2) is 0 Å². The molecule has 1 aliphatic heterocycles. The van der Waals surface area contributed by atoms with E-state index in [0.717, 1.165) is 30.1 Å². The van der Waals surface area contributed by atoms with Gasteiger partial charge in [-0.1, -0.05) is 29.3 Å². The van der Waals surface area contributed by atoms with Gasteiger partial charge in [0.2, 0.25) is 0 Å². The Labute approximate surface area is 138 Å². The molecule has 6 heteroatoms. The third kappa shape index (κ3) is 3.76. The number of hydrogen-bond acceptors (Lipinski definition) is 4. The molecule has 0 saturated carbocycles. The van der Waals surface area contributed by atoms with Gasteiger partial charge in [-0.2, -0.15) is 0 Å². The van der Waals surface area contributed by atoms with E-state index in [2.05, 4.69) is 10.3 Å². The Morgan fingerprint density at radius 1 is 1.33 bits per heavy atom. The summed E-state index contributed by atoms with van der Waals surface area (Å²) in [5, 5.41) is 7.72.